The summed E-state index contributed by atoms with van der Waals surface area (Å²) in [6.45, 7) is 4.41. The molecule has 7 heteroatoms. The second kappa shape index (κ2) is 9.18. The number of nitrogens with zero attached hydrogens (tertiary/aromatic N) is 2. The van der Waals surface area contributed by atoms with E-state index in [1.807, 2.05) is 44.2 Å². The zero-order chi connectivity index (χ0) is 22.7. The van der Waals surface area contributed by atoms with Gasteiger partial charge in [0.15, 0.2) is 0 Å². The second-order valence-electron chi connectivity index (χ2n) is 8.02. The fourth-order valence-corrected chi connectivity index (χ4v) is 3.80. The normalized spacial score (nSPS) is 13.0. The summed E-state index contributed by atoms with van der Waals surface area (Å²) >= 11 is 0. The van der Waals surface area contributed by atoms with Gasteiger partial charge in [-0.3, -0.25) is 19.3 Å². The van der Waals surface area contributed by atoms with Gasteiger partial charge in [-0.15, -0.1) is 0 Å². The van der Waals surface area contributed by atoms with E-state index in [0.717, 1.165) is 10.9 Å². The lowest BCUT2D eigenvalue weighted by Crippen LogP contribution is -2.41. The molecule has 4 rings (SSSR count). The molecule has 2 heterocycles. The summed E-state index contributed by atoms with van der Waals surface area (Å²) in [6, 6.07) is 14.5. The number of pyridine rings is 1. The number of hydrogen-bond acceptors (Lipinski definition) is 5. The lowest BCUT2D eigenvalue weighted by atomic mass is 9.94. The van der Waals surface area contributed by atoms with Crippen LogP contribution in [0.1, 0.15) is 53.0 Å². The van der Waals surface area contributed by atoms with E-state index in [0.29, 0.717) is 35.4 Å². The highest BCUT2D eigenvalue weighted by Crippen LogP contribution is 2.30. The van der Waals surface area contributed by atoms with Crippen molar-refractivity contribution < 1.29 is 19.1 Å². The number of aromatic nitrogens is 1. The maximum Gasteiger partial charge on any atom is 0.261 e. The standard InChI is InChI=1S/C25H25N3O4/c1-16(2)32-22-12-11-17(15-27-22)14-26-21(29)10-5-13-28-24(30)19-8-3-6-18-7-4-9-20(23(18)19)25(28)31/h3-4,6-9,11-12,15-16H,5,10,13-14H2,1-2H3,(H,26,29). The van der Waals surface area contributed by atoms with Crippen LogP contribution in [0.3, 0.4) is 0 Å². The first-order valence-electron chi connectivity index (χ1n) is 10.7. The van der Waals surface area contributed by atoms with Crippen molar-refractivity contribution in [2.45, 2.75) is 39.3 Å². The van der Waals surface area contributed by atoms with Gasteiger partial charge in [0.25, 0.3) is 11.8 Å². The topological polar surface area (TPSA) is 88.6 Å². The smallest absolute Gasteiger partial charge is 0.261 e. The van der Waals surface area contributed by atoms with Gasteiger partial charge in [-0.1, -0.05) is 30.3 Å². The van der Waals surface area contributed by atoms with Crippen molar-refractivity contribution in [3.63, 3.8) is 0 Å². The van der Waals surface area contributed by atoms with Gasteiger partial charge in [-0.05, 0) is 43.4 Å². The van der Waals surface area contributed by atoms with Gasteiger partial charge < -0.3 is 10.1 Å². The second-order valence-corrected chi connectivity index (χ2v) is 8.02. The molecule has 3 aromatic rings. The van der Waals surface area contributed by atoms with Crippen LogP contribution in [-0.4, -0.2) is 40.3 Å². The van der Waals surface area contributed by atoms with E-state index in [1.165, 1.54) is 4.90 Å². The highest BCUT2D eigenvalue weighted by atomic mass is 16.5. The molecule has 2 aromatic carbocycles. The lowest BCUT2D eigenvalue weighted by Gasteiger charge is -2.27. The predicted molar refractivity (Wildman–Crippen MR) is 120 cm³/mol. The summed E-state index contributed by atoms with van der Waals surface area (Å²) < 4.78 is 5.50. The zero-order valence-corrected chi connectivity index (χ0v) is 18.1. The van der Waals surface area contributed by atoms with Crippen molar-refractivity contribution in [2.24, 2.45) is 0 Å². The van der Waals surface area contributed by atoms with E-state index in [2.05, 4.69) is 10.3 Å². The van der Waals surface area contributed by atoms with E-state index >= 15 is 0 Å². The Morgan fingerprint density at radius 1 is 1.03 bits per heavy atom. The Morgan fingerprint density at radius 2 is 1.72 bits per heavy atom. The fourth-order valence-electron chi connectivity index (χ4n) is 3.80. The summed E-state index contributed by atoms with van der Waals surface area (Å²) in [5.41, 5.74) is 1.92. The first-order valence-corrected chi connectivity index (χ1v) is 10.7. The maximum absolute atomic E-state index is 12.9. The van der Waals surface area contributed by atoms with E-state index < -0.39 is 0 Å². The molecule has 0 fully saturated rings. The molecule has 0 radical (unpaired) electrons. The highest BCUT2D eigenvalue weighted by molar-refractivity contribution is 6.25. The molecule has 0 bridgehead atoms. The SMILES string of the molecule is CC(C)Oc1ccc(CNC(=O)CCCN2C(=O)c3cccc4cccc(c34)C2=O)cn1. The van der Waals surface area contributed by atoms with Gasteiger partial charge in [0, 0.05) is 48.3 Å². The molecule has 32 heavy (non-hydrogen) atoms. The Balaban J connectivity index is 1.30. The largest absolute Gasteiger partial charge is 0.475 e. The Morgan fingerprint density at radius 3 is 2.31 bits per heavy atom. The zero-order valence-electron chi connectivity index (χ0n) is 18.1. The number of nitrogens with one attached hydrogen (secondary N) is 1. The van der Waals surface area contributed by atoms with Crippen LogP contribution < -0.4 is 10.1 Å². The van der Waals surface area contributed by atoms with Crippen molar-refractivity contribution in [2.75, 3.05) is 6.54 Å². The molecule has 0 unspecified atom stereocenters. The van der Waals surface area contributed by atoms with E-state index in [9.17, 15) is 14.4 Å². The number of hydrogen-bond donors (Lipinski definition) is 1. The number of amides is 3. The molecule has 1 aliphatic rings. The summed E-state index contributed by atoms with van der Waals surface area (Å²) in [5, 5.41) is 4.42. The van der Waals surface area contributed by atoms with Gasteiger partial charge in [-0.25, -0.2) is 4.98 Å². The number of ether oxygens (including phenoxy) is 1. The number of carbonyl (C=O) groups is 3. The van der Waals surface area contributed by atoms with E-state index in [4.69, 9.17) is 4.74 Å². The van der Waals surface area contributed by atoms with Gasteiger partial charge in [0.1, 0.15) is 0 Å². The van der Waals surface area contributed by atoms with Gasteiger partial charge in [-0.2, -0.15) is 0 Å². The molecular weight excluding hydrogens is 406 g/mol. The van der Waals surface area contributed by atoms with Crippen molar-refractivity contribution >= 4 is 28.5 Å². The van der Waals surface area contributed by atoms with Gasteiger partial charge >= 0.3 is 0 Å². The Hall–Kier alpha value is -3.74. The quantitative estimate of drug-likeness (QED) is 0.549. The Labute approximate surface area is 186 Å². The third kappa shape index (κ3) is 4.46. The van der Waals surface area contributed by atoms with Gasteiger partial charge in [0.2, 0.25) is 11.8 Å². The van der Waals surface area contributed by atoms with Crippen molar-refractivity contribution in [1.29, 1.82) is 0 Å². The fraction of sp³-hybridized carbons (Fsp3) is 0.280. The third-order valence-corrected chi connectivity index (χ3v) is 5.29. The molecule has 3 amide bonds. The average Bonchev–Trinajstić information content (AvgIpc) is 2.78. The number of carbonyl (C=O) groups excluding carboxylic acids is 3. The molecule has 0 saturated carbocycles. The van der Waals surface area contributed by atoms with Crippen LogP contribution in [0, 0.1) is 0 Å². The highest BCUT2D eigenvalue weighted by Gasteiger charge is 2.32. The van der Waals surface area contributed by atoms with Crippen LogP contribution in [-0.2, 0) is 11.3 Å². The number of imide groups is 1. The van der Waals surface area contributed by atoms with Crippen LogP contribution >= 0.6 is 0 Å². The Kier molecular flexibility index (Phi) is 6.16. The summed E-state index contributed by atoms with van der Waals surface area (Å²) in [7, 11) is 0. The Bertz CT molecular complexity index is 1120. The van der Waals surface area contributed by atoms with Gasteiger partial charge in [0.05, 0.1) is 6.10 Å². The molecule has 0 spiro atoms. The van der Waals surface area contributed by atoms with Crippen molar-refractivity contribution in [3.05, 3.63) is 71.4 Å². The van der Waals surface area contributed by atoms with Crippen LogP contribution in [0.2, 0.25) is 0 Å². The predicted octanol–water partition coefficient (Wildman–Crippen LogP) is 3.71. The van der Waals surface area contributed by atoms with Crippen molar-refractivity contribution in [1.82, 2.24) is 15.2 Å². The average molecular weight is 431 g/mol. The van der Waals surface area contributed by atoms with Crippen molar-refractivity contribution in [3.8, 4) is 5.88 Å². The lowest BCUT2D eigenvalue weighted by molar-refractivity contribution is -0.121. The molecular formula is C25H25N3O4. The third-order valence-electron chi connectivity index (χ3n) is 5.29. The molecule has 0 atom stereocenters. The number of rotatable bonds is 8. The molecule has 0 saturated heterocycles. The summed E-state index contributed by atoms with van der Waals surface area (Å²) in [5.74, 6) is -0.223. The molecule has 164 valence electrons. The molecule has 0 aliphatic carbocycles. The maximum atomic E-state index is 12.9. The molecule has 7 nitrogen and oxygen atoms in total. The molecule has 1 N–H and O–H groups in total. The summed E-state index contributed by atoms with van der Waals surface area (Å²) in [6.07, 6.45) is 2.32. The van der Waals surface area contributed by atoms with Crippen LogP contribution in [0.25, 0.3) is 10.8 Å². The minimum Gasteiger partial charge on any atom is -0.475 e. The monoisotopic (exact) mass is 431 g/mol. The summed E-state index contributed by atoms with van der Waals surface area (Å²) in [4.78, 5) is 43.5. The van der Waals surface area contributed by atoms with E-state index in [1.54, 1.807) is 24.4 Å². The van der Waals surface area contributed by atoms with Crippen LogP contribution in [0.5, 0.6) is 5.88 Å². The van der Waals surface area contributed by atoms with E-state index in [-0.39, 0.29) is 36.8 Å². The minimum absolute atomic E-state index is 0.0492. The first kappa shape index (κ1) is 21.5. The molecule has 1 aliphatic heterocycles. The molecule has 1 aromatic heterocycles. The minimum atomic E-state index is -0.311. The van der Waals surface area contributed by atoms with Crippen LogP contribution in [0.15, 0.2) is 54.7 Å². The van der Waals surface area contributed by atoms with Crippen LogP contribution in [0.4, 0.5) is 0 Å². The first-order chi connectivity index (χ1) is 15.4. The number of benzene rings is 2.